The quantitative estimate of drug-likeness (QED) is 0.480. The van der Waals surface area contributed by atoms with Gasteiger partial charge in [-0.3, -0.25) is 24.1 Å². The van der Waals surface area contributed by atoms with Crippen LogP contribution in [0.1, 0.15) is 11.1 Å². The van der Waals surface area contributed by atoms with E-state index in [9.17, 15) is 19.2 Å². The Kier molecular flexibility index (Phi) is 7.55. The number of carbonyl (C=O) groups excluding carboxylic acids is 4. The van der Waals surface area contributed by atoms with Crippen molar-refractivity contribution in [3.8, 4) is 5.75 Å². The Bertz CT molecular complexity index is 1100. The zero-order chi connectivity index (χ0) is 23.3. The number of thioether (sulfide) groups is 1. The average Bonchev–Trinajstić information content (AvgIpc) is 3.03. The van der Waals surface area contributed by atoms with Crippen molar-refractivity contribution in [2.45, 2.75) is 6.92 Å². The largest absolute Gasteiger partial charge is 0.484 e. The number of carbonyl (C=O) groups is 4. The summed E-state index contributed by atoms with van der Waals surface area (Å²) in [4.78, 5) is 48.8. The maximum Gasteiger partial charge on any atom is 0.325 e. The minimum atomic E-state index is -0.676. The molecule has 1 N–H and O–H groups in total. The summed E-state index contributed by atoms with van der Waals surface area (Å²) in [6.07, 6.45) is 1.54. The van der Waals surface area contributed by atoms with Gasteiger partial charge in [0.25, 0.3) is 17.1 Å². The Morgan fingerprint density at radius 2 is 1.88 bits per heavy atom. The van der Waals surface area contributed by atoms with Crippen LogP contribution >= 0.6 is 23.4 Å². The second-order valence-electron chi connectivity index (χ2n) is 6.71. The van der Waals surface area contributed by atoms with Crippen molar-refractivity contribution in [2.75, 3.05) is 25.6 Å². The number of halogens is 1. The number of nitrogens with zero attached hydrogens (tertiary/aromatic N) is 1. The van der Waals surface area contributed by atoms with E-state index in [1.54, 1.807) is 42.5 Å². The fourth-order valence-electron chi connectivity index (χ4n) is 2.66. The number of esters is 1. The van der Waals surface area contributed by atoms with Crippen LogP contribution in [0.25, 0.3) is 6.08 Å². The molecule has 0 aromatic heterocycles. The van der Waals surface area contributed by atoms with Gasteiger partial charge >= 0.3 is 5.97 Å². The second-order valence-corrected chi connectivity index (χ2v) is 8.11. The third kappa shape index (κ3) is 5.89. The van der Waals surface area contributed by atoms with Crippen LogP contribution in [-0.4, -0.2) is 48.2 Å². The molecule has 0 saturated carbocycles. The van der Waals surface area contributed by atoms with E-state index in [0.29, 0.717) is 22.0 Å². The van der Waals surface area contributed by atoms with Crippen LogP contribution in [-0.2, 0) is 19.1 Å². The standard InChI is InChI=1S/C22H19ClN2O6S/c1-13-3-6-15(10-17(13)23)24-19(26)12-31-16-7-4-14(5-8-16)9-18-21(28)25(22(29)32-18)11-20(27)30-2/h3-10H,11-12H2,1-2H3,(H,24,26)/b18-9-. The van der Waals surface area contributed by atoms with Crippen molar-refractivity contribution < 1.29 is 28.7 Å². The summed E-state index contributed by atoms with van der Waals surface area (Å²) in [7, 11) is 1.18. The van der Waals surface area contributed by atoms with Gasteiger partial charge in [-0.25, -0.2) is 0 Å². The van der Waals surface area contributed by atoms with Gasteiger partial charge in [0.1, 0.15) is 12.3 Å². The number of amides is 3. The first-order valence-electron chi connectivity index (χ1n) is 9.38. The average molecular weight is 475 g/mol. The molecule has 3 amide bonds. The molecule has 8 nitrogen and oxygen atoms in total. The molecule has 0 radical (unpaired) electrons. The Balaban J connectivity index is 1.56. The van der Waals surface area contributed by atoms with Crippen LogP contribution in [0.3, 0.4) is 0 Å². The molecule has 0 atom stereocenters. The minimum absolute atomic E-state index is 0.197. The Morgan fingerprint density at radius 1 is 1.16 bits per heavy atom. The van der Waals surface area contributed by atoms with Gasteiger partial charge in [-0.2, -0.15) is 0 Å². The smallest absolute Gasteiger partial charge is 0.325 e. The molecule has 1 aliphatic heterocycles. The number of ether oxygens (including phenoxy) is 2. The molecule has 1 aliphatic rings. The highest BCUT2D eigenvalue weighted by Gasteiger charge is 2.36. The number of rotatable bonds is 7. The van der Waals surface area contributed by atoms with Crippen molar-refractivity contribution in [1.82, 2.24) is 4.90 Å². The summed E-state index contributed by atoms with van der Waals surface area (Å²) in [6.45, 7) is 1.24. The Morgan fingerprint density at radius 3 is 2.53 bits per heavy atom. The third-order valence-electron chi connectivity index (χ3n) is 4.39. The minimum Gasteiger partial charge on any atom is -0.484 e. The molecule has 2 aromatic carbocycles. The molecule has 0 spiro atoms. The van der Waals surface area contributed by atoms with E-state index in [-0.39, 0.29) is 17.4 Å². The first kappa shape index (κ1) is 23.4. The monoisotopic (exact) mass is 474 g/mol. The normalized spacial score (nSPS) is 14.6. The van der Waals surface area contributed by atoms with E-state index < -0.39 is 23.7 Å². The Hall–Kier alpha value is -3.30. The van der Waals surface area contributed by atoms with Crippen molar-refractivity contribution in [1.29, 1.82) is 0 Å². The van der Waals surface area contributed by atoms with Gasteiger partial charge in [0.05, 0.1) is 12.0 Å². The molecule has 0 bridgehead atoms. The van der Waals surface area contributed by atoms with E-state index in [1.165, 1.54) is 7.11 Å². The lowest BCUT2D eigenvalue weighted by Crippen LogP contribution is -2.34. The SMILES string of the molecule is COC(=O)CN1C(=O)S/C(=C\c2ccc(OCC(=O)Nc3ccc(C)c(Cl)c3)cc2)C1=O. The molecule has 0 unspecified atom stereocenters. The van der Waals surface area contributed by atoms with Crippen LogP contribution in [0.2, 0.25) is 5.02 Å². The summed E-state index contributed by atoms with van der Waals surface area (Å²) < 4.78 is 9.98. The van der Waals surface area contributed by atoms with E-state index in [2.05, 4.69) is 10.1 Å². The molecule has 1 heterocycles. The molecular formula is C22H19ClN2O6S. The molecular weight excluding hydrogens is 456 g/mol. The number of aryl methyl sites for hydroxylation is 1. The number of hydrogen-bond acceptors (Lipinski definition) is 7. The maximum absolute atomic E-state index is 12.3. The Labute approximate surface area is 193 Å². The molecule has 10 heteroatoms. The van der Waals surface area contributed by atoms with E-state index in [1.807, 2.05) is 13.0 Å². The van der Waals surface area contributed by atoms with Crippen LogP contribution in [0.4, 0.5) is 10.5 Å². The number of benzene rings is 2. The van der Waals surface area contributed by atoms with Gasteiger partial charge in [-0.15, -0.1) is 0 Å². The number of hydrogen-bond donors (Lipinski definition) is 1. The molecule has 2 aromatic rings. The predicted molar refractivity (Wildman–Crippen MR) is 121 cm³/mol. The highest BCUT2D eigenvalue weighted by Crippen LogP contribution is 2.32. The second kappa shape index (κ2) is 10.3. The lowest BCUT2D eigenvalue weighted by molar-refractivity contribution is -0.143. The van der Waals surface area contributed by atoms with Crippen molar-refractivity contribution >= 4 is 58.1 Å². The summed E-state index contributed by atoms with van der Waals surface area (Å²) in [6, 6.07) is 11.9. The predicted octanol–water partition coefficient (Wildman–Crippen LogP) is 3.88. The van der Waals surface area contributed by atoms with Crippen molar-refractivity contribution in [3.63, 3.8) is 0 Å². The summed E-state index contributed by atoms with van der Waals surface area (Å²) in [5.41, 5.74) is 2.14. The summed E-state index contributed by atoms with van der Waals surface area (Å²) >= 11 is 6.80. The van der Waals surface area contributed by atoms with Crippen molar-refractivity contribution in [2.24, 2.45) is 0 Å². The van der Waals surface area contributed by atoms with Gasteiger partial charge in [0.15, 0.2) is 6.61 Å². The number of methoxy groups -OCH3 is 1. The molecule has 32 heavy (non-hydrogen) atoms. The zero-order valence-electron chi connectivity index (χ0n) is 17.2. The van der Waals surface area contributed by atoms with Crippen molar-refractivity contribution in [3.05, 3.63) is 63.5 Å². The molecule has 1 fully saturated rings. The van der Waals surface area contributed by atoms with Gasteiger partial charge in [-0.1, -0.05) is 29.8 Å². The fourth-order valence-corrected chi connectivity index (χ4v) is 3.68. The first-order valence-corrected chi connectivity index (χ1v) is 10.6. The van der Waals surface area contributed by atoms with Crippen LogP contribution in [0.15, 0.2) is 47.4 Å². The number of anilines is 1. The maximum atomic E-state index is 12.3. The lowest BCUT2D eigenvalue weighted by Gasteiger charge is -2.10. The molecule has 1 saturated heterocycles. The summed E-state index contributed by atoms with van der Waals surface area (Å²) in [5.74, 6) is -1.12. The highest BCUT2D eigenvalue weighted by molar-refractivity contribution is 8.18. The van der Waals surface area contributed by atoms with E-state index in [4.69, 9.17) is 16.3 Å². The van der Waals surface area contributed by atoms with Crippen LogP contribution in [0.5, 0.6) is 5.75 Å². The van der Waals surface area contributed by atoms with Crippen LogP contribution in [0, 0.1) is 6.92 Å². The van der Waals surface area contributed by atoms with Gasteiger partial charge < -0.3 is 14.8 Å². The molecule has 0 aliphatic carbocycles. The van der Waals surface area contributed by atoms with Crippen LogP contribution < -0.4 is 10.1 Å². The zero-order valence-corrected chi connectivity index (χ0v) is 18.8. The van der Waals surface area contributed by atoms with Gasteiger partial charge in [-0.05, 0) is 60.2 Å². The lowest BCUT2D eigenvalue weighted by atomic mass is 10.2. The van der Waals surface area contributed by atoms with Gasteiger partial charge in [0.2, 0.25) is 0 Å². The van der Waals surface area contributed by atoms with E-state index in [0.717, 1.165) is 22.2 Å². The first-order chi connectivity index (χ1) is 15.3. The number of imide groups is 1. The fraction of sp³-hybridized carbons (Fsp3) is 0.182. The topological polar surface area (TPSA) is 102 Å². The third-order valence-corrected chi connectivity index (χ3v) is 5.71. The molecule has 166 valence electrons. The van der Waals surface area contributed by atoms with E-state index >= 15 is 0 Å². The van der Waals surface area contributed by atoms with Gasteiger partial charge in [0, 0.05) is 10.7 Å². The highest BCUT2D eigenvalue weighted by atomic mass is 35.5. The number of nitrogens with one attached hydrogen (secondary N) is 1. The molecule has 3 rings (SSSR count). The summed E-state index contributed by atoms with van der Waals surface area (Å²) in [5, 5.41) is 2.73.